The molecule has 1 heterocycles. The van der Waals surface area contributed by atoms with Crippen molar-refractivity contribution in [3.05, 3.63) is 50.5 Å². The Kier molecular flexibility index (Phi) is 5.40. The molecule has 0 aliphatic heterocycles. The second-order valence-corrected chi connectivity index (χ2v) is 5.31. The molecule has 1 aromatic carbocycles. The van der Waals surface area contributed by atoms with E-state index in [1.807, 2.05) is 6.07 Å². The minimum atomic E-state index is -0.404. The van der Waals surface area contributed by atoms with Crippen molar-refractivity contribution in [2.45, 2.75) is 26.4 Å². The van der Waals surface area contributed by atoms with Crippen molar-refractivity contribution in [3.8, 4) is 0 Å². The maximum absolute atomic E-state index is 10.9. The lowest BCUT2D eigenvalue weighted by Gasteiger charge is -2.08. The van der Waals surface area contributed by atoms with E-state index in [0.717, 1.165) is 24.4 Å². The number of hydrogen-bond donors (Lipinski definition) is 1. The van der Waals surface area contributed by atoms with Gasteiger partial charge in [-0.3, -0.25) is 10.1 Å². The van der Waals surface area contributed by atoms with E-state index in [1.54, 1.807) is 10.7 Å². The molecule has 0 saturated heterocycles. The lowest BCUT2D eigenvalue weighted by atomic mass is 10.2. The van der Waals surface area contributed by atoms with Gasteiger partial charge in [-0.1, -0.05) is 19.1 Å². The molecule has 8 heteroatoms. The van der Waals surface area contributed by atoms with Gasteiger partial charge in [-0.25, -0.2) is 9.67 Å². The topological polar surface area (TPSA) is 85.9 Å². The first kappa shape index (κ1) is 15.6. The first-order valence-electron chi connectivity index (χ1n) is 6.62. The van der Waals surface area contributed by atoms with Crippen molar-refractivity contribution in [2.75, 3.05) is 6.54 Å². The van der Waals surface area contributed by atoms with E-state index < -0.39 is 4.92 Å². The highest BCUT2D eigenvalue weighted by Crippen LogP contribution is 2.28. The van der Waals surface area contributed by atoms with Gasteiger partial charge in [0.15, 0.2) is 0 Å². The molecule has 0 radical (unpaired) electrons. The highest BCUT2D eigenvalue weighted by molar-refractivity contribution is 9.10. The van der Waals surface area contributed by atoms with Crippen molar-refractivity contribution in [1.29, 1.82) is 0 Å². The zero-order valence-electron chi connectivity index (χ0n) is 11.6. The molecule has 1 aromatic heterocycles. The van der Waals surface area contributed by atoms with Crippen molar-refractivity contribution >= 4 is 21.6 Å². The van der Waals surface area contributed by atoms with Crippen LogP contribution < -0.4 is 5.32 Å². The summed E-state index contributed by atoms with van der Waals surface area (Å²) in [5.74, 6) is 0.807. The summed E-state index contributed by atoms with van der Waals surface area (Å²) in [4.78, 5) is 14.8. The van der Waals surface area contributed by atoms with Crippen LogP contribution in [0, 0.1) is 10.1 Å². The molecule has 0 amide bonds. The second-order valence-electron chi connectivity index (χ2n) is 4.52. The molecular formula is C13H16BrN5O2. The molecule has 112 valence electrons. The summed E-state index contributed by atoms with van der Waals surface area (Å²) in [6.45, 7) is 4.07. The average molecular weight is 354 g/mol. The molecular weight excluding hydrogens is 338 g/mol. The fourth-order valence-electron chi connectivity index (χ4n) is 1.92. The van der Waals surface area contributed by atoms with Crippen LogP contribution in [0.4, 0.5) is 5.69 Å². The summed E-state index contributed by atoms with van der Waals surface area (Å²) in [7, 11) is 0. The van der Waals surface area contributed by atoms with Gasteiger partial charge in [0, 0.05) is 6.07 Å². The summed E-state index contributed by atoms with van der Waals surface area (Å²) < 4.78 is 2.23. The van der Waals surface area contributed by atoms with E-state index in [4.69, 9.17) is 0 Å². The Morgan fingerprint density at radius 2 is 2.29 bits per heavy atom. The Morgan fingerprint density at radius 3 is 3.00 bits per heavy atom. The summed E-state index contributed by atoms with van der Waals surface area (Å²) in [6.07, 6.45) is 2.54. The normalized spacial score (nSPS) is 10.8. The van der Waals surface area contributed by atoms with Crippen molar-refractivity contribution < 1.29 is 4.92 Å². The second kappa shape index (κ2) is 7.28. The third-order valence-electron chi connectivity index (χ3n) is 2.98. The van der Waals surface area contributed by atoms with Gasteiger partial charge in [0.1, 0.15) is 16.6 Å². The van der Waals surface area contributed by atoms with Crippen LogP contribution in [0.3, 0.4) is 0 Å². The number of halogens is 1. The van der Waals surface area contributed by atoms with Crippen LogP contribution in [0.5, 0.6) is 0 Å². The number of benzene rings is 1. The number of nitrogens with zero attached hydrogens (tertiary/aromatic N) is 4. The van der Waals surface area contributed by atoms with E-state index >= 15 is 0 Å². The number of aromatic nitrogens is 3. The molecule has 0 bridgehead atoms. The average Bonchev–Trinajstić information content (AvgIpc) is 2.88. The molecule has 0 saturated carbocycles. The highest BCUT2D eigenvalue weighted by Gasteiger charge is 2.16. The van der Waals surface area contributed by atoms with Crippen molar-refractivity contribution in [2.24, 2.45) is 0 Å². The third-order valence-corrected chi connectivity index (χ3v) is 3.90. The molecule has 0 aliphatic carbocycles. The Balaban J connectivity index is 2.17. The molecule has 0 fully saturated rings. The molecule has 0 aliphatic rings. The van der Waals surface area contributed by atoms with E-state index in [9.17, 15) is 10.1 Å². The number of nitro benzene ring substituents is 1. The summed E-state index contributed by atoms with van der Waals surface area (Å²) >= 11 is 3.30. The Bertz CT molecular complexity index is 629. The smallest absolute Gasteiger partial charge is 0.283 e. The maximum atomic E-state index is 10.9. The lowest BCUT2D eigenvalue weighted by Crippen LogP contribution is -2.18. The van der Waals surface area contributed by atoms with Crippen LogP contribution in [0.25, 0.3) is 0 Å². The fourth-order valence-corrected chi connectivity index (χ4v) is 2.46. The Hall–Kier alpha value is -1.80. The molecule has 0 unspecified atom stereocenters. The van der Waals surface area contributed by atoms with Gasteiger partial charge in [0.25, 0.3) is 5.69 Å². The van der Waals surface area contributed by atoms with E-state index in [2.05, 4.69) is 38.3 Å². The van der Waals surface area contributed by atoms with Gasteiger partial charge in [0.2, 0.25) is 0 Å². The van der Waals surface area contributed by atoms with E-state index in [1.165, 1.54) is 12.4 Å². The molecule has 7 nitrogen and oxygen atoms in total. The SMILES string of the molecule is CCCNCc1ncnn1Cc1cccc([N+](=O)[O-])c1Br. The van der Waals surface area contributed by atoms with Crippen LogP contribution in [0.2, 0.25) is 0 Å². The van der Waals surface area contributed by atoms with Gasteiger partial charge in [-0.05, 0) is 34.5 Å². The van der Waals surface area contributed by atoms with Crippen LogP contribution >= 0.6 is 15.9 Å². The van der Waals surface area contributed by atoms with Crippen LogP contribution in [0.15, 0.2) is 29.0 Å². The molecule has 2 aromatic rings. The van der Waals surface area contributed by atoms with Crippen LogP contribution in [0.1, 0.15) is 24.7 Å². The number of hydrogen-bond acceptors (Lipinski definition) is 5. The molecule has 21 heavy (non-hydrogen) atoms. The molecule has 1 N–H and O–H groups in total. The van der Waals surface area contributed by atoms with Gasteiger partial charge < -0.3 is 5.32 Å². The van der Waals surface area contributed by atoms with Crippen molar-refractivity contribution in [3.63, 3.8) is 0 Å². The zero-order chi connectivity index (χ0) is 15.2. The molecule has 0 atom stereocenters. The monoisotopic (exact) mass is 353 g/mol. The standard InChI is InChI=1S/C13H16BrN5O2/c1-2-6-15-7-12-16-9-17-18(12)8-10-4-3-5-11(13(10)14)19(20)21/h3-5,9,15H,2,6-8H2,1H3. The minimum Gasteiger partial charge on any atom is -0.310 e. The third kappa shape index (κ3) is 3.85. The predicted molar refractivity (Wildman–Crippen MR) is 81.9 cm³/mol. The highest BCUT2D eigenvalue weighted by atomic mass is 79.9. The summed E-state index contributed by atoms with van der Waals surface area (Å²) in [6, 6.07) is 4.98. The van der Waals surface area contributed by atoms with Gasteiger partial charge in [-0.2, -0.15) is 5.10 Å². The summed E-state index contributed by atoms with van der Waals surface area (Å²) in [5.41, 5.74) is 0.852. The van der Waals surface area contributed by atoms with Gasteiger partial charge in [-0.15, -0.1) is 0 Å². The number of nitrogens with one attached hydrogen (secondary N) is 1. The van der Waals surface area contributed by atoms with Gasteiger partial charge in [0.05, 0.1) is 18.0 Å². The van der Waals surface area contributed by atoms with Gasteiger partial charge >= 0.3 is 0 Å². The quantitative estimate of drug-likeness (QED) is 0.469. The summed E-state index contributed by atoms with van der Waals surface area (Å²) in [5, 5.41) is 18.4. The zero-order valence-corrected chi connectivity index (χ0v) is 13.2. The Morgan fingerprint density at radius 1 is 1.48 bits per heavy atom. The largest absolute Gasteiger partial charge is 0.310 e. The van der Waals surface area contributed by atoms with E-state index in [0.29, 0.717) is 17.6 Å². The minimum absolute atomic E-state index is 0.0540. The molecule has 0 spiro atoms. The van der Waals surface area contributed by atoms with Crippen molar-refractivity contribution in [1.82, 2.24) is 20.1 Å². The van der Waals surface area contributed by atoms with E-state index in [-0.39, 0.29) is 5.69 Å². The maximum Gasteiger partial charge on any atom is 0.283 e. The fraction of sp³-hybridized carbons (Fsp3) is 0.385. The molecule has 2 rings (SSSR count). The van der Waals surface area contributed by atoms with Crippen LogP contribution in [-0.2, 0) is 13.1 Å². The van der Waals surface area contributed by atoms with Crippen LogP contribution in [-0.4, -0.2) is 26.2 Å². The lowest BCUT2D eigenvalue weighted by molar-refractivity contribution is -0.385. The Labute approximate surface area is 130 Å². The first-order valence-corrected chi connectivity index (χ1v) is 7.42. The first-order chi connectivity index (χ1) is 10.1. The number of nitro groups is 1. The predicted octanol–water partition coefficient (Wildman–Crippen LogP) is 2.50. The number of rotatable bonds is 7.